The molecule has 1 aliphatic heterocycles. The van der Waals surface area contributed by atoms with E-state index in [1.54, 1.807) is 0 Å². The van der Waals surface area contributed by atoms with Crippen molar-refractivity contribution in [1.82, 2.24) is 20.1 Å². The van der Waals surface area contributed by atoms with Crippen molar-refractivity contribution in [2.75, 3.05) is 6.54 Å². The summed E-state index contributed by atoms with van der Waals surface area (Å²) in [7, 11) is 0. The van der Waals surface area contributed by atoms with E-state index in [2.05, 4.69) is 15.2 Å². The molecule has 2 heterocycles. The Morgan fingerprint density at radius 2 is 2.33 bits per heavy atom. The highest BCUT2D eigenvalue weighted by atomic mass is 16.4. The SMILES string of the molecule is O=C(O)C1CCCCN1C(=O)CCc1ncn[nH]1. The number of carboxylic acid groups (broad SMARTS) is 1. The van der Waals surface area contributed by atoms with Crippen LogP contribution in [0.25, 0.3) is 0 Å². The summed E-state index contributed by atoms with van der Waals surface area (Å²) in [4.78, 5) is 28.5. The molecule has 7 nitrogen and oxygen atoms in total. The van der Waals surface area contributed by atoms with Crippen LogP contribution in [-0.2, 0) is 16.0 Å². The number of aromatic nitrogens is 3. The van der Waals surface area contributed by atoms with E-state index in [9.17, 15) is 9.59 Å². The van der Waals surface area contributed by atoms with Gasteiger partial charge in [-0.05, 0) is 19.3 Å². The summed E-state index contributed by atoms with van der Waals surface area (Å²) in [5.41, 5.74) is 0. The number of piperidine rings is 1. The van der Waals surface area contributed by atoms with Crippen LogP contribution in [0.2, 0.25) is 0 Å². The van der Waals surface area contributed by atoms with Gasteiger partial charge in [0.15, 0.2) is 0 Å². The molecule has 0 bridgehead atoms. The van der Waals surface area contributed by atoms with Crippen molar-refractivity contribution in [3.8, 4) is 0 Å². The number of aromatic amines is 1. The fourth-order valence-corrected chi connectivity index (χ4v) is 2.21. The normalized spacial score (nSPS) is 19.8. The van der Waals surface area contributed by atoms with Crippen molar-refractivity contribution in [3.05, 3.63) is 12.2 Å². The molecule has 1 atom stereocenters. The van der Waals surface area contributed by atoms with Crippen LogP contribution in [-0.4, -0.2) is 49.7 Å². The van der Waals surface area contributed by atoms with E-state index in [1.165, 1.54) is 11.2 Å². The van der Waals surface area contributed by atoms with E-state index >= 15 is 0 Å². The molecule has 7 heteroatoms. The van der Waals surface area contributed by atoms with Crippen LogP contribution >= 0.6 is 0 Å². The predicted octanol–water partition coefficient (Wildman–Crippen LogP) is 0.203. The summed E-state index contributed by atoms with van der Waals surface area (Å²) in [6.07, 6.45) is 4.39. The third kappa shape index (κ3) is 2.85. The lowest BCUT2D eigenvalue weighted by Crippen LogP contribution is -2.48. The van der Waals surface area contributed by atoms with Gasteiger partial charge in [0, 0.05) is 19.4 Å². The zero-order chi connectivity index (χ0) is 13.0. The molecule has 0 saturated carbocycles. The topological polar surface area (TPSA) is 99.2 Å². The molecule has 0 radical (unpaired) electrons. The van der Waals surface area contributed by atoms with Gasteiger partial charge >= 0.3 is 5.97 Å². The van der Waals surface area contributed by atoms with Gasteiger partial charge in [0.05, 0.1) is 0 Å². The first-order valence-corrected chi connectivity index (χ1v) is 6.05. The second kappa shape index (κ2) is 5.61. The smallest absolute Gasteiger partial charge is 0.326 e. The first kappa shape index (κ1) is 12.5. The summed E-state index contributed by atoms with van der Waals surface area (Å²) in [5.74, 6) is -0.395. The molecule has 2 rings (SSSR count). The highest BCUT2D eigenvalue weighted by Gasteiger charge is 2.31. The number of hydrogen-bond donors (Lipinski definition) is 2. The molecule has 98 valence electrons. The minimum Gasteiger partial charge on any atom is -0.480 e. The Morgan fingerprint density at radius 3 is 3.00 bits per heavy atom. The van der Waals surface area contributed by atoms with Gasteiger partial charge in [-0.2, -0.15) is 5.10 Å². The number of rotatable bonds is 4. The molecule has 1 saturated heterocycles. The maximum atomic E-state index is 12.0. The lowest BCUT2D eigenvalue weighted by Gasteiger charge is -2.32. The number of aliphatic carboxylic acids is 1. The van der Waals surface area contributed by atoms with Crippen molar-refractivity contribution >= 4 is 11.9 Å². The lowest BCUT2D eigenvalue weighted by atomic mass is 10.0. The summed E-state index contributed by atoms with van der Waals surface area (Å²) in [6.45, 7) is 0.534. The Kier molecular flexibility index (Phi) is 3.91. The fourth-order valence-electron chi connectivity index (χ4n) is 2.21. The molecule has 1 aromatic heterocycles. The highest BCUT2D eigenvalue weighted by molar-refractivity contribution is 5.83. The highest BCUT2D eigenvalue weighted by Crippen LogP contribution is 2.18. The maximum Gasteiger partial charge on any atom is 0.326 e. The van der Waals surface area contributed by atoms with E-state index in [1.807, 2.05) is 0 Å². The van der Waals surface area contributed by atoms with Crippen LogP contribution < -0.4 is 0 Å². The molecular weight excluding hydrogens is 236 g/mol. The van der Waals surface area contributed by atoms with Gasteiger partial charge in [0.1, 0.15) is 18.2 Å². The first-order valence-electron chi connectivity index (χ1n) is 6.05. The van der Waals surface area contributed by atoms with Crippen LogP contribution in [0, 0.1) is 0 Å². The zero-order valence-corrected chi connectivity index (χ0v) is 10.0. The molecule has 0 aliphatic carbocycles. The first-order chi connectivity index (χ1) is 8.68. The standard InChI is InChI=1S/C11H16N4O3/c16-10(5-4-9-12-7-13-14-9)15-6-2-1-3-8(15)11(17)18/h7-8H,1-6H2,(H,17,18)(H,12,13,14). The minimum atomic E-state index is -0.914. The average molecular weight is 252 g/mol. The molecule has 18 heavy (non-hydrogen) atoms. The number of carbonyl (C=O) groups is 2. The molecule has 1 aromatic rings. The quantitative estimate of drug-likeness (QED) is 0.797. The number of hydrogen-bond acceptors (Lipinski definition) is 4. The number of carbonyl (C=O) groups excluding carboxylic acids is 1. The third-order valence-corrected chi connectivity index (χ3v) is 3.15. The number of carboxylic acids is 1. The second-order valence-corrected chi connectivity index (χ2v) is 4.37. The predicted molar refractivity (Wildman–Crippen MR) is 61.7 cm³/mol. The van der Waals surface area contributed by atoms with E-state index in [0.29, 0.717) is 25.2 Å². The van der Waals surface area contributed by atoms with Gasteiger partial charge in [0.2, 0.25) is 5.91 Å². The molecule has 0 spiro atoms. The van der Waals surface area contributed by atoms with Crippen LogP contribution in [0.4, 0.5) is 0 Å². The second-order valence-electron chi connectivity index (χ2n) is 4.37. The van der Waals surface area contributed by atoms with Crippen LogP contribution in [0.1, 0.15) is 31.5 Å². The molecule has 1 fully saturated rings. The lowest BCUT2D eigenvalue weighted by molar-refractivity contribution is -0.152. The van der Waals surface area contributed by atoms with Crippen LogP contribution in [0.5, 0.6) is 0 Å². The molecular formula is C11H16N4O3. The number of nitrogens with zero attached hydrogens (tertiary/aromatic N) is 3. The number of H-pyrrole nitrogens is 1. The molecule has 1 unspecified atom stereocenters. The van der Waals surface area contributed by atoms with Gasteiger partial charge in [-0.15, -0.1) is 0 Å². The third-order valence-electron chi connectivity index (χ3n) is 3.15. The van der Waals surface area contributed by atoms with Gasteiger partial charge in [-0.1, -0.05) is 0 Å². The fraction of sp³-hybridized carbons (Fsp3) is 0.636. The van der Waals surface area contributed by atoms with Gasteiger partial charge < -0.3 is 10.0 Å². The van der Waals surface area contributed by atoms with Gasteiger partial charge in [-0.25, -0.2) is 9.78 Å². The Morgan fingerprint density at radius 1 is 1.50 bits per heavy atom. The van der Waals surface area contributed by atoms with Crippen LogP contribution in [0.3, 0.4) is 0 Å². The maximum absolute atomic E-state index is 12.0. The van der Waals surface area contributed by atoms with Crippen molar-refractivity contribution in [2.24, 2.45) is 0 Å². The van der Waals surface area contributed by atoms with E-state index < -0.39 is 12.0 Å². The number of nitrogens with one attached hydrogen (secondary N) is 1. The van der Waals surface area contributed by atoms with Crippen molar-refractivity contribution < 1.29 is 14.7 Å². The van der Waals surface area contributed by atoms with Crippen molar-refractivity contribution in [1.29, 1.82) is 0 Å². The Bertz CT molecular complexity index is 418. The van der Waals surface area contributed by atoms with Gasteiger partial charge in [0.25, 0.3) is 0 Å². The van der Waals surface area contributed by atoms with Crippen molar-refractivity contribution in [3.63, 3.8) is 0 Å². The van der Waals surface area contributed by atoms with E-state index in [-0.39, 0.29) is 12.3 Å². The van der Waals surface area contributed by atoms with E-state index in [4.69, 9.17) is 5.11 Å². The van der Waals surface area contributed by atoms with Crippen LogP contribution in [0.15, 0.2) is 6.33 Å². The molecule has 2 N–H and O–H groups in total. The minimum absolute atomic E-state index is 0.126. The summed E-state index contributed by atoms with van der Waals surface area (Å²) in [6, 6.07) is -0.666. The Labute approximate surface area is 104 Å². The average Bonchev–Trinajstić information content (AvgIpc) is 2.89. The van der Waals surface area contributed by atoms with Gasteiger partial charge in [-0.3, -0.25) is 9.89 Å². The summed E-state index contributed by atoms with van der Waals surface area (Å²) >= 11 is 0. The largest absolute Gasteiger partial charge is 0.480 e. The Hall–Kier alpha value is -1.92. The van der Waals surface area contributed by atoms with E-state index in [0.717, 1.165) is 12.8 Å². The number of likely N-dealkylation sites (tertiary alicyclic amines) is 1. The zero-order valence-electron chi connectivity index (χ0n) is 10.0. The number of aryl methyl sites for hydroxylation is 1. The summed E-state index contributed by atoms with van der Waals surface area (Å²) in [5, 5.41) is 15.5. The Balaban J connectivity index is 1.92. The number of amides is 1. The summed E-state index contributed by atoms with van der Waals surface area (Å²) < 4.78 is 0. The molecule has 0 aromatic carbocycles. The molecule has 1 aliphatic rings. The monoisotopic (exact) mass is 252 g/mol. The molecule has 1 amide bonds. The van der Waals surface area contributed by atoms with Crippen molar-refractivity contribution in [2.45, 2.75) is 38.1 Å².